The van der Waals surface area contributed by atoms with Crippen molar-refractivity contribution in [3.8, 4) is 11.1 Å². The van der Waals surface area contributed by atoms with E-state index in [1.165, 1.54) is 32.9 Å². The first-order valence-corrected chi connectivity index (χ1v) is 9.63. The molecule has 0 fully saturated rings. The first kappa shape index (κ1) is 20.7. The Morgan fingerprint density at radius 3 is 1.58 bits per heavy atom. The minimum Gasteiger partial charge on any atom is -0.774 e. The van der Waals surface area contributed by atoms with Gasteiger partial charge in [0.1, 0.15) is 0 Å². The summed E-state index contributed by atoms with van der Waals surface area (Å²) in [6.07, 6.45) is 0. The summed E-state index contributed by atoms with van der Waals surface area (Å²) in [7, 11) is 0. The molecule has 5 aromatic rings. The third kappa shape index (κ3) is 4.04. The van der Waals surface area contributed by atoms with Crippen molar-refractivity contribution in [3.05, 3.63) is 102 Å². The Morgan fingerprint density at radius 2 is 1.06 bits per heavy atom. The van der Waals surface area contributed by atoms with Gasteiger partial charge in [-0.05, 0) is 17.7 Å². The van der Waals surface area contributed by atoms with Gasteiger partial charge in [-0.15, -0.1) is 0 Å². The van der Waals surface area contributed by atoms with Crippen LogP contribution >= 0.6 is 0 Å². The predicted molar refractivity (Wildman–Crippen MR) is 113 cm³/mol. The number of aromatic nitrogens is 2. The standard InChI is InChI=1S/C19H13N.C5HF4NS/c1-2-8-14(9-3-1)19-15-10-4-6-12-17(15)20-18-13-7-5-11-16(18)19;6-1-3(11)2(7)5(9)10-4(1)8/h1-13H;(H,10,11). The summed E-state index contributed by atoms with van der Waals surface area (Å²) < 4.78 is 48.6. The maximum absolute atomic E-state index is 12.2. The first-order valence-electron chi connectivity index (χ1n) is 9.22. The lowest BCUT2D eigenvalue weighted by Gasteiger charge is -2.08. The molecule has 1 N–H and O–H groups in total. The van der Waals surface area contributed by atoms with Gasteiger partial charge in [0.2, 0.25) is 22.9 Å². The highest BCUT2D eigenvalue weighted by atomic mass is 32.1. The van der Waals surface area contributed by atoms with E-state index in [1.54, 1.807) is 0 Å². The molecule has 0 aliphatic heterocycles. The number of H-pyrrole nitrogens is 1. The fourth-order valence-corrected chi connectivity index (χ4v) is 3.46. The van der Waals surface area contributed by atoms with Gasteiger partial charge < -0.3 is 12.6 Å². The number of hydrogen-bond acceptors (Lipinski definition) is 2. The maximum Gasteiger partial charge on any atom is 0.250 e. The third-order valence-electron chi connectivity index (χ3n) is 4.68. The van der Waals surface area contributed by atoms with E-state index in [0.29, 0.717) is 0 Å². The summed E-state index contributed by atoms with van der Waals surface area (Å²) in [6.45, 7) is 0. The average Bonchev–Trinajstić information content (AvgIpc) is 2.81. The van der Waals surface area contributed by atoms with E-state index in [1.807, 2.05) is 0 Å². The monoisotopic (exact) mass is 438 g/mol. The van der Waals surface area contributed by atoms with Gasteiger partial charge in [-0.25, -0.2) is 13.8 Å². The van der Waals surface area contributed by atoms with Crippen molar-refractivity contribution < 1.29 is 22.5 Å². The molecule has 5 rings (SSSR count). The number of halogens is 4. The highest BCUT2D eigenvalue weighted by Crippen LogP contribution is 2.32. The van der Waals surface area contributed by atoms with Crippen LogP contribution in [0.4, 0.5) is 17.6 Å². The lowest BCUT2D eigenvalue weighted by Crippen LogP contribution is -2.06. The Morgan fingerprint density at radius 1 is 0.613 bits per heavy atom. The minimum atomic E-state index is -1.73. The Hall–Kier alpha value is -3.58. The smallest absolute Gasteiger partial charge is 0.250 e. The molecule has 0 spiro atoms. The summed E-state index contributed by atoms with van der Waals surface area (Å²) in [6, 6.07) is 27.6. The SMILES string of the molecule is Fc1nc(F)c(F)c([S-])c1F.c1ccc(-c2c3ccccc3[nH+]c3ccccc23)cc1. The van der Waals surface area contributed by atoms with Gasteiger partial charge in [-0.2, -0.15) is 13.8 Å². The molecule has 0 saturated carbocycles. The molecule has 31 heavy (non-hydrogen) atoms. The van der Waals surface area contributed by atoms with E-state index >= 15 is 0 Å². The largest absolute Gasteiger partial charge is 0.774 e. The van der Waals surface area contributed by atoms with Crippen LogP contribution in [0.15, 0.2) is 83.8 Å². The maximum atomic E-state index is 12.2. The van der Waals surface area contributed by atoms with Gasteiger partial charge in [0.15, 0.2) is 11.6 Å². The second kappa shape index (κ2) is 8.65. The molecule has 0 unspecified atom stereocenters. The number of nitrogens with one attached hydrogen (secondary N) is 1. The van der Waals surface area contributed by atoms with Crippen molar-refractivity contribution in [3.63, 3.8) is 0 Å². The van der Waals surface area contributed by atoms with Gasteiger partial charge >= 0.3 is 0 Å². The number of aromatic amines is 1. The number of rotatable bonds is 1. The van der Waals surface area contributed by atoms with Crippen LogP contribution in [0, 0.1) is 23.5 Å². The molecule has 2 heterocycles. The molecule has 0 bridgehead atoms. The van der Waals surface area contributed by atoms with Crippen LogP contribution in [-0.4, -0.2) is 4.98 Å². The first-order chi connectivity index (χ1) is 15.0. The summed E-state index contributed by atoms with van der Waals surface area (Å²) in [4.78, 5) is 4.69. The van der Waals surface area contributed by atoms with Gasteiger partial charge in [0.25, 0.3) is 0 Å². The molecule has 0 aliphatic carbocycles. The number of pyridine rings is 2. The van der Waals surface area contributed by atoms with E-state index in [9.17, 15) is 17.6 Å². The quantitative estimate of drug-likeness (QED) is 0.139. The van der Waals surface area contributed by atoms with Crippen LogP contribution in [0.1, 0.15) is 0 Å². The lowest BCUT2D eigenvalue weighted by molar-refractivity contribution is -0.310. The zero-order valence-corrected chi connectivity index (χ0v) is 16.7. The molecule has 0 radical (unpaired) electrons. The van der Waals surface area contributed by atoms with E-state index in [4.69, 9.17) is 0 Å². The van der Waals surface area contributed by atoms with Crippen LogP contribution in [0.3, 0.4) is 0 Å². The number of para-hydroxylation sites is 2. The lowest BCUT2D eigenvalue weighted by atomic mass is 9.96. The summed E-state index contributed by atoms with van der Waals surface area (Å²) in [5, 5.41) is 2.52. The molecule has 0 atom stereocenters. The van der Waals surface area contributed by atoms with Crippen molar-refractivity contribution in [1.82, 2.24) is 4.98 Å². The molecule has 154 valence electrons. The van der Waals surface area contributed by atoms with Crippen molar-refractivity contribution in [2.24, 2.45) is 0 Å². The number of fused-ring (bicyclic) bond motifs is 2. The summed E-state index contributed by atoms with van der Waals surface area (Å²) in [5.41, 5.74) is 4.90. The van der Waals surface area contributed by atoms with Crippen molar-refractivity contribution in [2.45, 2.75) is 4.90 Å². The zero-order chi connectivity index (χ0) is 22.0. The molecular formula is C24H14F4N2S. The summed E-state index contributed by atoms with van der Waals surface area (Å²) in [5.74, 6) is -6.74. The molecule has 0 amide bonds. The molecule has 0 aliphatic rings. The van der Waals surface area contributed by atoms with Crippen LogP contribution in [-0.2, 0) is 12.6 Å². The second-order valence-corrected chi connectivity index (χ2v) is 7.02. The zero-order valence-electron chi connectivity index (χ0n) is 15.9. The van der Waals surface area contributed by atoms with Gasteiger partial charge in [0, 0.05) is 17.7 Å². The van der Waals surface area contributed by atoms with Gasteiger partial charge in [-0.3, -0.25) is 0 Å². The number of nitrogens with zero attached hydrogens (tertiary/aromatic N) is 1. The molecule has 7 heteroatoms. The summed E-state index contributed by atoms with van der Waals surface area (Å²) >= 11 is 4.00. The van der Waals surface area contributed by atoms with Crippen LogP contribution in [0.5, 0.6) is 0 Å². The van der Waals surface area contributed by atoms with Crippen LogP contribution in [0.2, 0.25) is 0 Å². The highest BCUT2D eigenvalue weighted by molar-refractivity contribution is 7.58. The van der Waals surface area contributed by atoms with Crippen molar-refractivity contribution >= 4 is 34.4 Å². The highest BCUT2D eigenvalue weighted by Gasteiger charge is 2.14. The molecule has 2 nitrogen and oxygen atoms in total. The normalized spacial score (nSPS) is 10.7. The Bertz CT molecular complexity index is 1310. The molecular weight excluding hydrogens is 424 g/mol. The van der Waals surface area contributed by atoms with Gasteiger partial charge in [0.05, 0.1) is 10.8 Å². The van der Waals surface area contributed by atoms with E-state index in [-0.39, 0.29) is 0 Å². The number of benzene rings is 3. The van der Waals surface area contributed by atoms with E-state index in [0.717, 1.165) is 0 Å². The fraction of sp³-hybridized carbons (Fsp3) is 0. The Labute approximate surface area is 180 Å². The third-order valence-corrected chi connectivity index (χ3v) is 5.04. The van der Waals surface area contributed by atoms with Crippen LogP contribution in [0.25, 0.3) is 32.9 Å². The van der Waals surface area contributed by atoms with Crippen molar-refractivity contribution in [2.75, 3.05) is 0 Å². The predicted octanol–water partition coefficient (Wildman–Crippen LogP) is 6.02. The molecule has 2 aromatic heterocycles. The fourth-order valence-electron chi connectivity index (χ4n) is 3.29. The minimum absolute atomic E-state index is 1.12. The Kier molecular flexibility index (Phi) is 5.77. The van der Waals surface area contributed by atoms with Crippen LogP contribution < -0.4 is 4.98 Å². The van der Waals surface area contributed by atoms with Crippen molar-refractivity contribution in [1.29, 1.82) is 0 Å². The Balaban J connectivity index is 0.000000180. The van der Waals surface area contributed by atoms with Gasteiger partial charge in [-0.1, -0.05) is 59.5 Å². The topological polar surface area (TPSA) is 27.0 Å². The van der Waals surface area contributed by atoms with E-state index < -0.39 is 28.4 Å². The second-order valence-electron chi connectivity index (χ2n) is 6.61. The van der Waals surface area contributed by atoms with E-state index in [2.05, 4.69) is 101 Å². The molecule has 0 saturated heterocycles. The number of hydrogen-bond donors (Lipinski definition) is 0. The average molecular weight is 438 g/mol. The molecule has 3 aromatic carbocycles.